The molecule has 2 aliphatic carbocycles. The van der Waals surface area contributed by atoms with Gasteiger partial charge in [0.15, 0.2) is 16.6 Å². The topological polar surface area (TPSA) is 18.5 Å². The van der Waals surface area contributed by atoms with E-state index < -0.39 is 16.6 Å². The molecule has 0 aliphatic heterocycles. The Balaban J connectivity index is 0. The van der Waals surface area contributed by atoms with Crippen LogP contribution in [0.2, 0.25) is 36.3 Å². The van der Waals surface area contributed by atoms with Crippen molar-refractivity contribution < 1.29 is 59.9 Å². The Morgan fingerprint density at radius 2 is 0.824 bits per heavy atom. The Bertz CT molecular complexity index is 562. The van der Waals surface area contributed by atoms with Gasteiger partial charge in [-0.1, -0.05) is 90.2 Å². The second-order valence-corrected chi connectivity index (χ2v) is 19.1. The van der Waals surface area contributed by atoms with Gasteiger partial charge in [-0.2, -0.15) is 0 Å². The van der Waals surface area contributed by atoms with E-state index in [1.165, 1.54) is 36.3 Å². The molecule has 0 fully saturated rings. The van der Waals surface area contributed by atoms with Crippen molar-refractivity contribution in [3.63, 3.8) is 0 Å². The van der Waals surface area contributed by atoms with Gasteiger partial charge in [-0.05, 0) is 54.5 Å². The van der Waals surface area contributed by atoms with E-state index in [9.17, 15) is 0 Å². The van der Waals surface area contributed by atoms with Gasteiger partial charge in [-0.25, -0.2) is 0 Å². The van der Waals surface area contributed by atoms with Crippen LogP contribution in [0.4, 0.5) is 0 Å². The van der Waals surface area contributed by atoms with E-state index in [1.54, 1.807) is 0 Å². The first kappa shape index (κ1) is 36.9. The van der Waals surface area contributed by atoms with Crippen LogP contribution >= 0.6 is 0 Å². The average Bonchev–Trinajstić information content (AvgIpc) is 3.54. The van der Waals surface area contributed by atoms with Crippen LogP contribution < -0.4 is 24.8 Å². The van der Waals surface area contributed by atoms with Crippen LogP contribution in [0.25, 0.3) is 0 Å². The molecule has 0 atom stereocenters. The SMILES string of the molecule is CC[Si](CC)(CC)OCCC(CCO[Si](CC)(CC)CC)(C1C=CC=C1)C1C=CC=C1.[Cl-].[Cl-].[Zr+2]. The van der Waals surface area contributed by atoms with Crippen molar-refractivity contribution in [1.82, 2.24) is 0 Å². The third-order valence-corrected chi connectivity index (χ3v) is 18.0. The number of allylic oxidation sites excluding steroid dienone is 8. The van der Waals surface area contributed by atoms with E-state index in [2.05, 4.69) is 90.2 Å². The van der Waals surface area contributed by atoms with Gasteiger partial charge in [-0.15, -0.1) is 0 Å². The molecule has 0 N–H and O–H groups in total. The van der Waals surface area contributed by atoms with Gasteiger partial charge in [0.1, 0.15) is 0 Å². The normalized spacial score (nSPS) is 15.9. The Morgan fingerprint density at radius 1 is 0.559 bits per heavy atom. The Morgan fingerprint density at radius 3 is 1.06 bits per heavy atom. The molecule has 0 aromatic rings. The number of rotatable bonds is 16. The van der Waals surface area contributed by atoms with Gasteiger partial charge in [0.25, 0.3) is 0 Å². The third kappa shape index (κ3) is 8.96. The van der Waals surface area contributed by atoms with E-state index >= 15 is 0 Å². The van der Waals surface area contributed by atoms with Crippen molar-refractivity contribution >= 4 is 16.6 Å². The molecule has 0 unspecified atom stereocenters. The van der Waals surface area contributed by atoms with Gasteiger partial charge >= 0.3 is 26.2 Å². The maximum Gasteiger partial charge on any atom is 2.00 e. The molecule has 194 valence electrons. The zero-order chi connectivity index (χ0) is 22.8. The van der Waals surface area contributed by atoms with Crippen molar-refractivity contribution in [3.05, 3.63) is 48.6 Å². The molecule has 2 nitrogen and oxygen atoms in total. The molecule has 0 heterocycles. The number of hydrogen-bond donors (Lipinski definition) is 0. The molecule has 0 saturated carbocycles. The smallest absolute Gasteiger partial charge is 1.00 e. The van der Waals surface area contributed by atoms with Gasteiger partial charge in [0, 0.05) is 25.0 Å². The molecule has 2 aliphatic rings. The molecule has 2 rings (SSSR count). The first-order chi connectivity index (χ1) is 15.0. The monoisotopic (exact) mass is 620 g/mol. The van der Waals surface area contributed by atoms with Crippen molar-refractivity contribution in [2.24, 2.45) is 17.3 Å². The summed E-state index contributed by atoms with van der Waals surface area (Å²) in [6.07, 6.45) is 20.8. The summed E-state index contributed by atoms with van der Waals surface area (Å²) < 4.78 is 13.5. The fraction of sp³-hybridized carbons (Fsp3) is 0.704. The zero-order valence-corrected chi connectivity index (χ0v) is 28.4. The fourth-order valence-corrected chi connectivity index (χ4v) is 11.0. The molecule has 0 spiro atoms. The molecule has 7 heteroatoms. The second kappa shape index (κ2) is 18.1. The third-order valence-electron chi connectivity index (χ3n) is 8.64. The standard InChI is InChI=1S/C27H48O2Si2.2ClH.Zr/c1-7-30(8-2,9-3)28-23-21-27(25-17-13-14-18-25,26-19-15-16-20-26)22-24-29-31(10-4,11-5)12-6;;;/h13-20,25-26H,7-12,21-24H2,1-6H3;2*1H;/q;;;+2/p-2. The average molecular weight is 623 g/mol. The number of halogens is 2. The van der Waals surface area contributed by atoms with Crippen LogP contribution in [0.15, 0.2) is 48.6 Å². The predicted molar refractivity (Wildman–Crippen MR) is 142 cm³/mol. The Labute approximate surface area is 244 Å². The summed E-state index contributed by atoms with van der Waals surface area (Å²) in [6, 6.07) is 7.33. The summed E-state index contributed by atoms with van der Waals surface area (Å²) in [5.74, 6) is 0.915. The molecule has 34 heavy (non-hydrogen) atoms. The first-order valence-electron chi connectivity index (χ1n) is 13.0. The van der Waals surface area contributed by atoms with Crippen LogP contribution in [0, 0.1) is 17.3 Å². The van der Waals surface area contributed by atoms with E-state index in [-0.39, 0.29) is 56.4 Å². The van der Waals surface area contributed by atoms with Gasteiger partial charge in [0.2, 0.25) is 0 Å². The van der Waals surface area contributed by atoms with E-state index in [1.807, 2.05) is 0 Å². The molecule has 0 aromatic carbocycles. The Kier molecular flexibility index (Phi) is 19.7. The van der Waals surface area contributed by atoms with Gasteiger partial charge < -0.3 is 33.7 Å². The summed E-state index contributed by atoms with van der Waals surface area (Å²) in [5, 5.41) is 0. The van der Waals surface area contributed by atoms with Crippen molar-refractivity contribution in [2.45, 2.75) is 90.6 Å². The van der Waals surface area contributed by atoms with E-state index in [4.69, 9.17) is 8.85 Å². The minimum atomic E-state index is -1.57. The summed E-state index contributed by atoms with van der Waals surface area (Å²) in [5.41, 5.74) is 0.137. The summed E-state index contributed by atoms with van der Waals surface area (Å²) in [7, 11) is -3.14. The maximum atomic E-state index is 6.77. The summed E-state index contributed by atoms with van der Waals surface area (Å²) in [4.78, 5) is 0. The first-order valence-corrected chi connectivity index (χ1v) is 18.0. The molecular formula is C27H48Cl2O2Si2Zr. The fourth-order valence-electron chi connectivity index (χ4n) is 5.67. The van der Waals surface area contributed by atoms with Crippen LogP contribution in [-0.4, -0.2) is 29.8 Å². The van der Waals surface area contributed by atoms with E-state index in [0.29, 0.717) is 11.8 Å². The summed E-state index contributed by atoms with van der Waals surface area (Å²) in [6.45, 7) is 15.7. The van der Waals surface area contributed by atoms with Crippen molar-refractivity contribution in [2.75, 3.05) is 13.2 Å². The molecule has 0 saturated heterocycles. The number of hydrogen-bond acceptors (Lipinski definition) is 2. The van der Waals surface area contributed by atoms with E-state index in [0.717, 1.165) is 26.1 Å². The molecular weight excluding hydrogens is 575 g/mol. The predicted octanol–water partition coefficient (Wildman–Crippen LogP) is 2.29. The Hall–Kier alpha value is 0.777. The molecule has 0 bridgehead atoms. The van der Waals surface area contributed by atoms with Gasteiger partial charge in [-0.3, -0.25) is 0 Å². The summed E-state index contributed by atoms with van der Waals surface area (Å²) >= 11 is 0. The molecule has 0 aromatic heterocycles. The maximum absolute atomic E-state index is 6.77. The second-order valence-electron chi connectivity index (χ2n) is 9.51. The molecule has 0 radical (unpaired) electrons. The van der Waals surface area contributed by atoms with Crippen LogP contribution in [-0.2, 0) is 35.1 Å². The molecule has 0 amide bonds. The quantitative estimate of drug-likeness (QED) is 0.246. The van der Waals surface area contributed by atoms with Crippen LogP contribution in [0.3, 0.4) is 0 Å². The minimum absolute atomic E-state index is 0. The largest absolute Gasteiger partial charge is 2.00 e. The van der Waals surface area contributed by atoms with Crippen molar-refractivity contribution in [1.29, 1.82) is 0 Å². The van der Waals surface area contributed by atoms with Crippen molar-refractivity contribution in [3.8, 4) is 0 Å². The van der Waals surface area contributed by atoms with Gasteiger partial charge in [0.05, 0.1) is 0 Å². The minimum Gasteiger partial charge on any atom is -1.00 e. The zero-order valence-electron chi connectivity index (χ0n) is 22.4. The van der Waals surface area contributed by atoms with Crippen LogP contribution in [0.1, 0.15) is 54.4 Å². The van der Waals surface area contributed by atoms with Crippen LogP contribution in [0.5, 0.6) is 0 Å².